The van der Waals surface area contributed by atoms with Crippen LogP contribution in [-0.4, -0.2) is 101 Å². The molecule has 27 heavy (non-hydrogen) atoms. The van der Waals surface area contributed by atoms with E-state index in [4.69, 9.17) is 9.47 Å². The zero-order chi connectivity index (χ0) is 18.6. The number of unbranched alkanes of at least 4 members (excludes halogenated alkanes) is 1. The topological polar surface area (TPSA) is 61.4 Å². The highest BCUT2D eigenvalue weighted by Crippen LogP contribution is 2.12. The molecule has 8 heteroatoms. The molecule has 0 amide bonds. The van der Waals surface area contributed by atoms with Crippen LogP contribution in [0.2, 0.25) is 0 Å². The Kier molecular flexibility index (Phi) is 13.6. The number of nitrogens with one attached hydrogen (secondary N) is 2. The van der Waals surface area contributed by atoms with Crippen molar-refractivity contribution in [2.24, 2.45) is 10.9 Å². The van der Waals surface area contributed by atoms with Crippen molar-refractivity contribution in [2.45, 2.75) is 32.7 Å². The molecule has 0 aromatic heterocycles. The zero-order valence-corrected chi connectivity index (χ0v) is 19.7. The van der Waals surface area contributed by atoms with Crippen LogP contribution in [0.1, 0.15) is 26.7 Å². The molecule has 0 radical (unpaired) electrons. The molecule has 160 valence electrons. The van der Waals surface area contributed by atoms with Gasteiger partial charge in [-0.3, -0.25) is 14.8 Å². The van der Waals surface area contributed by atoms with E-state index in [0.29, 0.717) is 12.0 Å². The normalized spacial score (nSPS) is 21.0. The van der Waals surface area contributed by atoms with Crippen molar-refractivity contribution < 1.29 is 9.47 Å². The van der Waals surface area contributed by atoms with Crippen molar-refractivity contribution in [3.05, 3.63) is 0 Å². The number of rotatable bonds is 9. The largest absolute Gasteiger partial charge is 0.379 e. The minimum atomic E-state index is 0. The maximum absolute atomic E-state index is 5.49. The molecule has 1 unspecified atom stereocenters. The van der Waals surface area contributed by atoms with E-state index < -0.39 is 0 Å². The van der Waals surface area contributed by atoms with Crippen molar-refractivity contribution >= 4 is 29.9 Å². The van der Waals surface area contributed by atoms with E-state index in [1.54, 1.807) is 0 Å². The van der Waals surface area contributed by atoms with Crippen molar-refractivity contribution in [1.29, 1.82) is 0 Å². The molecule has 0 saturated carbocycles. The van der Waals surface area contributed by atoms with Gasteiger partial charge in [-0.1, -0.05) is 13.8 Å². The molecule has 2 N–H and O–H groups in total. The number of aliphatic imine (C=N–C) groups is 1. The number of morpholine rings is 2. The second-order valence-corrected chi connectivity index (χ2v) is 7.50. The maximum atomic E-state index is 5.49. The molecule has 2 saturated heterocycles. The van der Waals surface area contributed by atoms with Crippen LogP contribution < -0.4 is 10.6 Å². The monoisotopic (exact) mass is 497 g/mol. The van der Waals surface area contributed by atoms with Gasteiger partial charge in [0.05, 0.1) is 26.4 Å². The molecule has 7 nitrogen and oxygen atoms in total. The lowest BCUT2D eigenvalue weighted by atomic mass is 10.0. The summed E-state index contributed by atoms with van der Waals surface area (Å²) in [6, 6.07) is 0.513. The summed E-state index contributed by atoms with van der Waals surface area (Å²) in [5.74, 6) is 1.52. The molecule has 0 aromatic rings. The number of guanidine groups is 1. The second kappa shape index (κ2) is 14.8. The predicted molar refractivity (Wildman–Crippen MR) is 122 cm³/mol. The minimum absolute atomic E-state index is 0. The van der Waals surface area contributed by atoms with Gasteiger partial charge in [0.2, 0.25) is 0 Å². The Labute approximate surface area is 182 Å². The van der Waals surface area contributed by atoms with Gasteiger partial charge in [0.25, 0.3) is 0 Å². The summed E-state index contributed by atoms with van der Waals surface area (Å²) < 4.78 is 10.9. The van der Waals surface area contributed by atoms with E-state index in [-0.39, 0.29) is 24.0 Å². The zero-order valence-electron chi connectivity index (χ0n) is 17.4. The number of hydrogen-bond donors (Lipinski definition) is 2. The average molecular weight is 497 g/mol. The Bertz CT molecular complexity index is 400. The second-order valence-electron chi connectivity index (χ2n) is 7.50. The third-order valence-electron chi connectivity index (χ3n) is 5.28. The fraction of sp³-hybridized carbons (Fsp3) is 0.947. The molecule has 0 bridgehead atoms. The van der Waals surface area contributed by atoms with Crippen LogP contribution in [0.5, 0.6) is 0 Å². The van der Waals surface area contributed by atoms with E-state index in [1.165, 1.54) is 13.0 Å². The van der Waals surface area contributed by atoms with E-state index in [1.807, 2.05) is 7.05 Å². The van der Waals surface area contributed by atoms with E-state index in [9.17, 15) is 0 Å². The first-order valence-electron chi connectivity index (χ1n) is 10.3. The van der Waals surface area contributed by atoms with Crippen molar-refractivity contribution in [3.63, 3.8) is 0 Å². The van der Waals surface area contributed by atoms with Gasteiger partial charge in [-0.05, 0) is 25.3 Å². The quantitative estimate of drug-likeness (QED) is 0.217. The first kappa shape index (κ1) is 24.9. The molecule has 2 rings (SSSR count). The standard InChI is InChI=1S/C19H39N5O2.HI/c1-17(2)18(24-10-14-26-15-11-24)16-22-19(20-3)21-6-4-5-7-23-8-12-25-13-9-23;/h17-18H,4-16H2,1-3H3,(H2,20,21,22);1H. The molecule has 0 aliphatic carbocycles. The molecule has 2 aliphatic rings. The SMILES string of the molecule is CN=C(NCCCCN1CCOCC1)NCC(C(C)C)N1CCOCC1.I. The molecular weight excluding hydrogens is 457 g/mol. The highest BCUT2D eigenvalue weighted by atomic mass is 127. The first-order valence-corrected chi connectivity index (χ1v) is 10.3. The Hall–Kier alpha value is -0.160. The number of ether oxygens (including phenoxy) is 2. The molecular formula is C19H40IN5O2. The summed E-state index contributed by atoms with van der Waals surface area (Å²) in [7, 11) is 1.85. The Morgan fingerprint density at radius 2 is 1.59 bits per heavy atom. The smallest absolute Gasteiger partial charge is 0.191 e. The summed E-state index contributed by atoms with van der Waals surface area (Å²) in [5.41, 5.74) is 0. The van der Waals surface area contributed by atoms with Crippen LogP contribution in [0.25, 0.3) is 0 Å². The lowest BCUT2D eigenvalue weighted by Crippen LogP contribution is -2.52. The van der Waals surface area contributed by atoms with Crippen LogP contribution >= 0.6 is 24.0 Å². The molecule has 2 heterocycles. The third-order valence-corrected chi connectivity index (χ3v) is 5.28. The molecule has 2 fully saturated rings. The van der Waals surface area contributed by atoms with Crippen molar-refractivity contribution in [1.82, 2.24) is 20.4 Å². The van der Waals surface area contributed by atoms with Crippen LogP contribution in [0.4, 0.5) is 0 Å². The van der Waals surface area contributed by atoms with Crippen molar-refractivity contribution in [2.75, 3.05) is 79.3 Å². The highest BCUT2D eigenvalue weighted by molar-refractivity contribution is 14.0. The molecule has 1 atom stereocenters. The molecule has 0 spiro atoms. The lowest BCUT2D eigenvalue weighted by molar-refractivity contribution is 0.00752. The summed E-state index contributed by atoms with van der Waals surface area (Å²) in [5, 5.41) is 6.97. The van der Waals surface area contributed by atoms with Crippen LogP contribution in [-0.2, 0) is 9.47 Å². The summed E-state index contributed by atoms with van der Waals surface area (Å²) >= 11 is 0. The fourth-order valence-corrected chi connectivity index (χ4v) is 3.61. The van der Waals surface area contributed by atoms with E-state index in [0.717, 1.165) is 78.1 Å². The Balaban J connectivity index is 0.00000364. The van der Waals surface area contributed by atoms with Gasteiger partial charge >= 0.3 is 0 Å². The maximum Gasteiger partial charge on any atom is 0.191 e. The summed E-state index contributed by atoms with van der Waals surface area (Å²) in [4.78, 5) is 9.41. The number of nitrogens with zero attached hydrogens (tertiary/aromatic N) is 3. The fourth-order valence-electron chi connectivity index (χ4n) is 3.61. The number of hydrogen-bond acceptors (Lipinski definition) is 5. The van der Waals surface area contributed by atoms with E-state index in [2.05, 4.69) is 39.3 Å². The van der Waals surface area contributed by atoms with Gasteiger partial charge < -0.3 is 20.1 Å². The van der Waals surface area contributed by atoms with Crippen LogP contribution in [0.3, 0.4) is 0 Å². The van der Waals surface area contributed by atoms with Gasteiger partial charge in [-0.15, -0.1) is 24.0 Å². The van der Waals surface area contributed by atoms with Crippen LogP contribution in [0, 0.1) is 5.92 Å². The average Bonchev–Trinajstić information content (AvgIpc) is 2.67. The van der Waals surface area contributed by atoms with Crippen LogP contribution in [0.15, 0.2) is 4.99 Å². The van der Waals surface area contributed by atoms with Gasteiger partial charge in [0, 0.05) is 52.4 Å². The van der Waals surface area contributed by atoms with Gasteiger partial charge in [0.15, 0.2) is 5.96 Å². The minimum Gasteiger partial charge on any atom is -0.379 e. The van der Waals surface area contributed by atoms with Gasteiger partial charge in [-0.2, -0.15) is 0 Å². The first-order chi connectivity index (χ1) is 12.7. The predicted octanol–water partition coefficient (Wildman–Crippen LogP) is 1.24. The third kappa shape index (κ3) is 9.74. The molecule has 0 aromatic carbocycles. The van der Waals surface area contributed by atoms with E-state index >= 15 is 0 Å². The van der Waals surface area contributed by atoms with Gasteiger partial charge in [0.1, 0.15) is 0 Å². The van der Waals surface area contributed by atoms with Crippen molar-refractivity contribution in [3.8, 4) is 0 Å². The van der Waals surface area contributed by atoms with Gasteiger partial charge in [-0.25, -0.2) is 0 Å². The molecule has 2 aliphatic heterocycles. The Morgan fingerprint density at radius 3 is 2.19 bits per heavy atom. The number of halogens is 1. The summed E-state index contributed by atoms with van der Waals surface area (Å²) in [6.45, 7) is 15.3. The highest BCUT2D eigenvalue weighted by Gasteiger charge is 2.23. The Morgan fingerprint density at radius 1 is 0.963 bits per heavy atom. The lowest BCUT2D eigenvalue weighted by Gasteiger charge is -2.37. The summed E-state index contributed by atoms with van der Waals surface area (Å²) in [6.07, 6.45) is 2.38.